The number of anilines is 1. The van der Waals surface area contributed by atoms with Gasteiger partial charge < -0.3 is 9.47 Å². The van der Waals surface area contributed by atoms with Crippen LogP contribution in [0.2, 0.25) is 0 Å². The van der Waals surface area contributed by atoms with Gasteiger partial charge in [0.2, 0.25) is 0 Å². The second kappa shape index (κ2) is 6.80. The third-order valence-corrected chi connectivity index (χ3v) is 4.38. The van der Waals surface area contributed by atoms with Crippen molar-refractivity contribution in [2.24, 2.45) is 0 Å². The van der Waals surface area contributed by atoms with Crippen molar-refractivity contribution < 1.29 is 19.1 Å². The highest BCUT2D eigenvalue weighted by Gasteiger charge is 2.36. The zero-order valence-electron chi connectivity index (χ0n) is 13.2. The van der Waals surface area contributed by atoms with Gasteiger partial charge in [0.15, 0.2) is 11.5 Å². The first-order valence-corrected chi connectivity index (χ1v) is 8.00. The second-order valence-electron chi connectivity index (χ2n) is 4.97. The zero-order chi connectivity index (χ0) is 17.1. The maximum Gasteiger partial charge on any atom is 0.298 e. The summed E-state index contributed by atoms with van der Waals surface area (Å²) >= 11 is 0.921. The standard InChI is InChI=1S/C18H15NO4S/c1-22-14-9-8-12(10-15(14)23-2)11-16-17(20)19(18(21)24-16)13-6-4-3-5-7-13/h3-11H,1-2H3. The Balaban J connectivity index is 1.92. The Labute approximate surface area is 143 Å². The summed E-state index contributed by atoms with van der Waals surface area (Å²) in [7, 11) is 3.10. The molecule has 1 saturated heterocycles. The number of thioether (sulfide) groups is 1. The Kier molecular flexibility index (Phi) is 4.57. The van der Waals surface area contributed by atoms with Crippen LogP contribution in [0.1, 0.15) is 5.56 Å². The normalized spacial score (nSPS) is 15.9. The molecule has 0 aliphatic carbocycles. The Bertz CT molecular complexity index is 817. The predicted molar refractivity (Wildman–Crippen MR) is 94.4 cm³/mol. The van der Waals surface area contributed by atoms with Gasteiger partial charge in [-0.05, 0) is 47.7 Å². The molecular formula is C18H15NO4S. The van der Waals surface area contributed by atoms with Gasteiger partial charge in [-0.2, -0.15) is 0 Å². The molecular weight excluding hydrogens is 326 g/mol. The number of nitrogens with zero attached hydrogens (tertiary/aromatic N) is 1. The van der Waals surface area contributed by atoms with Gasteiger partial charge in [-0.15, -0.1) is 0 Å². The van der Waals surface area contributed by atoms with E-state index in [0.717, 1.165) is 17.3 Å². The molecule has 122 valence electrons. The molecule has 2 aromatic rings. The first kappa shape index (κ1) is 16.1. The minimum atomic E-state index is -0.328. The molecule has 5 nitrogen and oxygen atoms in total. The van der Waals surface area contributed by atoms with Crippen LogP contribution in [0.15, 0.2) is 53.4 Å². The van der Waals surface area contributed by atoms with E-state index in [4.69, 9.17) is 9.47 Å². The Morgan fingerprint density at radius 1 is 0.958 bits per heavy atom. The molecule has 0 bridgehead atoms. The van der Waals surface area contributed by atoms with Crippen LogP contribution in [0.4, 0.5) is 10.5 Å². The summed E-state index contributed by atoms with van der Waals surface area (Å²) in [5.74, 6) is 0.839. The van der Waals surface area contributed by atoms with Gasteiger partial charge in [0.05, 0.1) is 24.8 Å². The number of methoxy groups -OCH3 is 2. The molecule has 1 heterocycles. The number of amides is 2. The van der Waals surface area contributed by atoms with E-state index in [-0.39, 0.29) is 11.1 Å². The topological polar surface area (TPSA) is 55.8 Å². The fourth-order valence-corrected chi connectivity index (χ4v) is 3.20. The SMILES string of the molecule is COc1ccc(C=C2SC(=O)N(c3ccccc3)C2=O)cc1OC. The summed E-state index contributed by atoms with van der Waals surface area (Å²) in [6, 6.07) is 14.2. The lowest BCUT2D eigenvalue weighted by Crippen LogP contribution is -2.27. The molecule has 3 rings (SSSR count). The van der Waals surface area contributed by atoms with Crippen molar-refractivity contribution in [3.8, 4) is 11.5 Å². The highest BCUT2D eigenvalue weighted by Crippen LogP contribution is 2.36. The van der Waals surface area contributed by atoms with Crippen molar-refractivity contribution in [1.29, 1.82) is 0 Å². The largest absolute Gasteiger partial charge is 0.493 e. The number of benzene rings is 2. The maximum absolute atomic E-state index is 12.6. The number of para-hydroxylation sites is 1. The molecule has 24 heavy (non-hydrogen) atoms. The molecule has 1 aliphatic heterocycles. The molecule has 0 aromatic heterocycles. The molecule has 6 heteroatoms. The average Bonchev–Trinajstić information content (AvgIpc) is 2.89. The summed E-state index contributed by atoms with van der Waals surface area (Å²) < 4.78 is 10.5. The molecule has 0 spiro atoms. The van der Waals surface area contributed by atoms with Crippen molar-refractivity contribution in [2.45, 2.75) is 0 Å². The van der Waals surface area contributed by atoms with Gasteiger partial charge in [-0.3, -0.25) is 9.59 Å². The molecule has 0 radical (unpaired) electrons. The van der Waals surface area contributed by atoms with Crippen molar-refractivity contribution in [3.63, 3.8) is 0 Å². The second-order valence-corrected chi connectivity index (χ2v) is 5.96. The molecule has 1 fully saturated rings. The van der Waals surface area contributed by atoms with Crippen molar-refractivity contribution in [1.82, 2.24) is 0 Å². The number of hydrogen-bond donors (Lipinski definition) is 0. The molecule has 0 N–H and O–H groups in total. The summed E-state index contributed by atoms with van der Waals surface area (Å²) in [4.78, 5) is 26.3. The lowest BCUT2D eigenvalue weighted by Gasteiger charge is -2.11. The number of carbonyl (C=O) groups is 2. The van der Waals surface area contributed by atoms with E-state index >= 15 is 0 Å². The zero-order valence-corrected chi connectivity index (χ0v) is 14.0. The minimum Gasteiger partial charge on any atom is -0.493 e. The van der Waals surface area contributed by atoms with Crippen LogP contribution in [0.3, 0.4) is 0 Å². The fraction of sp³-hybridized carbons (Fsp3) is 0.111. The number of ether oxygens (including phenoxy) is 2. The summed E-state index contributed by atoms with van der Waals surface area (Å²) in [5, 5.41) is -0.307. The summed E-state index contributed by atoms with van der Waals surface area (Å²) in [6.07, 6.45) is 1.68. The third-order valence-electron chi connectivity index (χ3n) is 3.51. The van der Waals surface area contributed by atoms with Crippen LogP contribution in [0.25, 0.3) is 6.08 Å². The fourth-order valence-electron chi connectivity index (χ4n) is 2.36. The third kappa shape index (κ3) is 3.00. The van der Waals surface area contributed by atoms with Gasteiger partial charge in [-0.25, -0.2) is 4.90 Å². The van der Waals surface area contributed by atoms with Gasteiger partial charge in [0, 0.05) is 0 Å². The molecule has 2 aromatic carbocycles. The van der Waals surface area contributed by atoms with Crippen LogP contribution in [-0.4, -0.2) is 25.4 Å². The predicted octanol–water partition coefficient (Wildman–Crippen LogP) is 3.94. The highest BCUT2D eigenvalue weighted by molar-refractivity contribution is 8.19. The van der Waals surface area contributed by atoms with Crippen molar-refractivity contribution in [2.75, 3.05) is 19.1 Å². The van der Waals surface area contributed by atoms with Gasteiger partial charge in [0.25, 0.3) is 11.1 Å². The molecule has 0 atom stereocenters. The van der Waals surface area contributed by atoms with E-state index in [1.54, 1.807) is 62.8 Å². The number of carbonyl (C=O) groups excluding carboxylic acids is 2. The van der Waals surface area contributed by atoms with Crippen LogP contribution < -0.4 is 14.4 Å². The van der Waals surface area contributed by atoms with Crippen LogP contribution in [0.5, 0.6) is 11.5 Å². The Morgan fingerprint density at radius 2 is 1.67 bits per heavy atom. The van der Waals surface area contributed by atoms with Crippen molar-refractivity contribution >= 4 is 34.7 Å². The van der Waals surface area contributed by atoms with E-state index in [1.807, 2.05) is 6.07 Å². The lowest BCUT2D eigenvalue weighted by molar-refractivity contribution is -0.113. The number of hydrogen-bond acceptors (Lipinski definition) is 5. The van der Waals surface area contributed by atoms with E-state index in [1.165, 1.54) is 4.90 Å². The first-order chi connectivity index (χ1) is 11.6. The van der Waals surface area contributed by atoms with E-state index in [0.29, 0.717) is 22.1 Å². The minimum absolute atomic E-state index is 0.307. The van der Waals surface area contributed by atoms with Gasteiger partial charge in [0.1, 0.15) is 0 Å². The van der Waals surface area contributed by atoms with E-state index in [9.17, 15) is 9.59 Å². The maximum atomic E-state index is 12.6. The Morgan fingerprint density at radius 3 is 2.33 bits per heavy atom. The van der Waals surface area contributed by atoms with E-state index in [2.05, 4.69) is 0 Å². The molecule has 0 unspecified atom stereocenters. The van der Waals surface area contributed by atoms with Crippen molar-refractivity contribution in [3.05, 3.63) is 59.0 Å². The smallest absolute Gasteiger partial charge is 0.298 e. The number of rotatable bonds is 4. The molecule has 0 saturated carbocycles. The van der Waals surface area contributed by atoms with Gasteiger partial charge in [-0.1, -0.05) is 24.3 Å². The van der Waals surface area contributed by atoms with Crippen LogP contribution >= 0.6 is 11.8 Å². The lowest BCUT2D eigenvalue weighted by atomic mass is 10.2. The van der Waals surface area contributed by atoms with Crippen LogP contribution in [0, 0.1) is 0 Å². The highest BCUT2D eigenvalue weighted by atomic mass is 32.2. The van der Waals surface area contributed by atoms with Crippen LogP contribution in [-0.2, 0) is 4.79 Å². The van der Waals surface area contributed by atoms with Gasteiger partial charge >= 0.3 is 0 Å². The number of imide groups is 1. The molecule has 2 amide bonds. The average molecular weight is 341 g/mol. The summed E-state index contributed by atoms with van der Waals surface area (Å²) in [6.45, 7) is 0. The first-order valence-electron chi connectivity index (χ1n) is 7.19. The Hall–Kier alpha value is -2.73. The molecule has 1 aliphatic rings. The summed E-state index contributed by atoms with van der Waals surface area (Å²) in [5.41, 5.74) is 1.32. The quantitative estimate of drug-likeness (QED) is 0.788. The van der Waals surface area contributed by atoms with E-state index < -0.39 is 0 Å². The monoisotopic (exact) mass is 341 g/mol.